The van der Waals surface area contributed by atoms with Crippen molar-refractivity contribution in [1.82, 2.24) is 4.57 Å². The molecule has 0 spiro atoms. The summed E-state index contributed by atoms with van der Waals surface area (Å²) in [5.41, 5.74) is 0.340. The van der Waals surface area contributed by atoms with E-state index in [4.69, 9.17) is 0 Å². The minimum Gasteiger partial charge on any atom is -0.506 e. The first-order chi connectivity index (χ1) is 6.79. The van der Waals surface area contributed by atoms with Gasteiger partial charge in [0, 0.05) is 12.3 Å². The van der Waals surface area contributed by atoms with Crippen LogP contribution in [0.15, 0.2) is 53.5 Å². The van der Waals surface area contributed by atoms with E-state index >= 15 is 0 Å². The Kier molecular flexibility index (Phi) is 2.07. The van der Waals surface area contributed by atoms with Crippen LogP contribution in [0.5, 0.6) is 5.75 Å². The van der Waals surface area contributed by atoms with Crippen LogP contribution in [-0.4, -0.2) is 9.67 Å². The van der Waals surface area contributed by atoms with Crippen LogP contribution in [0.25, 0.3) is 5.69 Å². The van der Waals surface area contributed by atoms with E-state index in [1.807, 2.05) is 0 Å². The molecule has 0 aliphatic rings. The van der Waals surface area contributed by atoms with Crippen molar-refractivity contribution in [1.29, 1.82) is 0 Å². The van der Waals surface area contributed by atoms with Gasteiger partial charge < -0.3 is 5.11 Å². The number of hydrogen-bond acceptors (Lipinski definition) is 2. The van der Waals surface area contributed by atoms with Gasteiger partial charge in [-0.2, -0.15) is 0 Å². The second-order valence-electron chi connectivity index (χ2n) is 2.90. The van der Waals surface area contributed by atoms with Crippen LogP contribution in [0.4, 0.5) is 0 Å². The first-order valence-corrected chi connectivity index (χ1v) is 4.25. The van der Waals surface area contributed by atoms with Gasteiger partial charge in [0.1, 0.15) is 5.75 Å². The third kappa shape index (κ3) is 1.40. The van der Waals surface area contributed by atoms with Gasteiger partial charge in [0.05, 0.1) is 5.69 Å². The highest BCUT2D eigenvalue weighted by Gasteiger charge is 2.01. The lowest BCUT2D eigenvalue weighted by Crippen LogP contribution is -2.15. The quantitative estimate of drug-likeness (QED) is 0.735. The molecule has 0 unspecified atom stereocenters. The number of phenols is 1. The topological polar surface area (TPSA) is 42.2 Å². The monoisotopic (exact) mass is 187 g/mol. The number of phenolic OH excluding ortho intramolecular Hbond substituents is 1. The fraction of sp³-hybridized carbons (Fsp3) is 0. The standard InChI is InChI=1S/C11H9NO2/c13-10-6-2-1-5-9(10)12-8-4-3-7-11(12)14/h1-8,13H. The summed E-state index contributed by atoms with van der Waals surface area (Å²) in [4.78, 5) is 11.4. The molecule has 3 heteroatoms. The first kappa shape index (κ1) is 8.56. The minimum absolute atomic E-state index is 0.0980. The molecule has 0 aliphatic carbocycles. The Morgan fingerprint density at radius 2 is 1.71 bits per heavy atom. The third-order valence-corrected chi connectivity index (χ3v) is 1.96. The highest BCUT2D eigenvalue weighted by molar-refractivity contribution is 5.45. The van der Waals surface area contributed by atoms with E-state index in [0.717, 1.165) is 0 Å². The Balaban J connectivity index is 2.67. The van der Waals surface area contributed by atoms with Crippen LogP contribution in [-0.2, 0) is 0 Å². The van der Waals surface area contributed by atoms with Gasteiger partial charge in [0.15, 0.2) is 0 Å². The molecule has 0 bridgehead atoms. The van der Waals surface area contributed by atoms with Crippen LogP contribution in [0.3, 0.4) is 0 Å². The molecule has 0 saturated heterocycles. The molecule has 0 fully saturated rings. The molecule has 0 aliphatic heterocycles. The lowest BCUT2D eigenvalue weighted by molar-refractivity contribution is 0.472. The van der Waals surface area contributed by atoms with Crippen LogP contribution in [0.1, 0.15) is 0 Å². The molecule has 1 N–H and O–H groups in total. The summed E-state index contributed by atoms with van der Waals surface area (Å²) in [6.45, 7) is 0. The SMILES string of the molecule is O=c1ccccn1-c1ccccc1O. The lowest BCUT2D eigenvalue weighted by atomic mass is 10.3. The molecular weight excluding hydrogens is 178 g/mol. The lowest BCUT2D eigenvalue weighted by Gasteiger charge is -2.05. The van der Waals surface area contributed by atoms with Gasteiger partial charge in [-0.05, 0) is 18.2 Å². The highest BCUT2D eigenvalue weighted by Crippen LogP contribution is 2.18. The molecule has 1 aromatic carbocycles. The number of benzene rings is 1. The molecule has 0 amide bonds. The average molecular weight is 187 g/mol. The Hall–Kier alpha value is -2.03. The van der Waals surface area contributed by atoms with Crippen molar-refractivity contribution in [2.75, 3.05) is 0 Å². The second-order valence-corrected chi connectivity index (χ2v) is 2.90. The molecule has 14 heavy (non-hydrogen) atoms. The number of rotatable bonds is 1. The van der Waals surface area contributed by atoms with Crippen LogP contribution >= 0.6 is 0 Å². The summed E-state index contributed by atoms with van der Waals surface area (Å²) < 4.78 is 1.40. The van der Waals surface area contributed by atoms with Gasteiger partial charge in [0.25, 0.3) is 5.56 Å². The van der Waals surface area contributed by atoms with Crippen molar-refractivity contribution in [3.05, 3.63) is 59.0 Å². The zero-order chi connectivity index (χ0) is 9.97. The highest BCUT2D eigenvalue weighted by atomic mass is 16.3. The maximum Gasteiger partial charge on any atom is 0.255 e. The zero-order valence-corrected chi connectivity index (χ0v) is 7.42. The predicted octanol–water partition coefficient (Wildman–Crippen LogP) is 1.54. The first-order valence-electron chi connectivity index (χ1n) is 4.25. The molecule has 3 nitrogen and oxygen atoms in total. The van der Waals surface area contributed by atoms with E-state index in [-0.39, 0.29) is 11.3 Å². The Labute approximate surface area is 80.9 Å². The number of hydrogen-bond donors (Lipinski definition) is 1. The third-order valence-electron chi connectivity index (χ3n) is 1.96. The second kappa shape index (κ2) is 3.38. The van der Waals surface area contributed by atoms with E-state index in [2.05, 4.69) is 0 Å². The smallest absolute Gasteiger partial charge is 0.255 e. The van der Waals surface area contributed by atoms with Crippen molar-refractivity contribution < 1.29 is 5.11 Å². The molecule has 1 aromatic heterocycles. The number of pyridine rings is 1. The van der Waals surface area contributed by atoms with Gasteiger partial charge in [-0.25, -0.2) is 0 Å². The molecule has 2 rings (SSSR count). The van der Waals surface area contributed by atoms with Crippen LogP contribution < -0.4 is 5.56 Å². The normalized spacial score (nSPS) is 10.0. The molecule has 1 heterocycles. The Morgan fingerprint density at radius 3 is 2.43 bits per heavy atom. The average Bonchev–Trinajstić information content (AvgIpc) is 2.20. The Morgan fingerprint density at radius 1 is 1.00 bits per heavy atom. The van der Waals surface area contributed by atoms with E-state index in [0.29, 0.717) is 5.69 Å². The maximum atomic E-state index is 11.4. The molecular formula is C11H9NO2. The van der Waals surface area contributed by atoms with Gasteiger partial charge >= 0.3 is 0 Å². The van der Waals surface area contributed by atoms with Crippen molar-refractivity contribution in [2.24, 2.45) is 0 Å². The summed E-state index contributed by atoms with van der Waals surface area (Å²) in [6, 6.07) is 11.6. The largest absolute Gasteiger partial charge is 0.506 e. The summed E-state index contributed by atoms with van der Waals surface area (Å²) >= 11 is 0. The molecule has 70 valence electrons. The Bertz CT molecular complexity index is 502. The molecule has 0 atom stereocenters. The summed E-state index contributed by atoms with van der Waals surface area (Å²) in [5.74, 6) is 0.0980. The van der Waals surface area contributed by atoms with E-state index in [1.165, 1.54) is 10.6 Å². The van der Waals surface area contributed by atoms with Gasteiger partial charge in [0.2, 0.25) is 0 Å². The number of aromatic nitrogens is 1. The van der Waals surface area contributed by atoms with Gasteiger partial charge in [-0.15, -0.1) is 0 Å². The van der Waals surface area contributed by atoms with Crippen molar-refractivity contribution in [3.8, 4) is 11.4 Å². The zero-order valence-electron chi connectivity index (χ0n) is 7.42. The van der Waals surface area contributed by atoms with Crippen LogP contribution in [0.2, 0.25) is 0 Å². The predicted molar refractivity (Wildman–Crippen MR) is 53.7 cm³/mol. The molecule has 0 saturated carbocycles. The van der Waals surface area contributed by atoms with Gasteiger partial charge in [-0.3, -0.25) is 9.36 Å². The van der Waals surface area contributed by atoms with Crippen molar-refractivity contribution in [3.63, 3.8) is 0 Å². The van der Waals surface area contributed by atoms with Crippen molar-refractivity contribution in [2.45, 2.75) is 0 Å². The number of nitrogens with zero attached hydrogens (tertiary/aromatic N) is 1. The maximum absolute atomic E-state index is 11.4. The fourth-order valence-corrected chi connectivity index (χ4v) is 1.29. The number of aromatic hydroxyl groups is 1. The van der Waals surface area contributed by atoms with Gasteiger partial charge in [-0.1, -0.05) is 18.2 Å². The summed E-state index contributed by atoms with van der Waals surface area (Å²) in [5, 5.41) is 9.53. The molecule has 0 radical (unpaired) electrons. The fourth-order valence-electron chi connectivity index (χ4n) is 1.29. The molecule has 2 aromatic rings. The van der Waals surface area contributed by atoms with E-state index < -0.39 is 0 Å². The summed E-state index contributed by atoms with van der Waals surface area (Å²) in [7, 11) is 0. The van der Waals surface area contributed by atoms with E-state index in [1.54, 1.807) is 42.6 Å². The van der Waals surface area contributed by atoms with Crippen LogP contribution in [0, 0.1) is 0 Å². The summed E-state index contributed by atoms with van der Waals surface area (Å²) in [6.07, 6.45) is 1.62. The van der Waals surface area contributed by atoms with E-state index in [9.17, 15) is 9.90 Å². The minimum atomic E-state index is -0.158. The van der Waals surface area contributed by atoms with Crippen molar-refractivity contribution >= 4 is 0 Å². The number of para-hydroxylation sites is 2.